The maximum atomic E-state index is 13.1. The Balaban J connectivity index is 2.67. The summed E-state index contributed by atoms with van der Waals surface area (Å²) < 4.78 is 42.6. The fourth-order valence-electron chi connectivity index (χ4n) is 1.28. The second kappa shape index (κ2) is 4.69. The number of rotatable bonds is 4. The second-order valence-electron chi connectivity index (χ2n) is 3.30. The smallest absolute Gasteiger partial charge is 0.266 e. The van der Waals surface area contributed by atoms with E-state index in [9.17, 15) is 12.8 Å². The largest absolute Gasteiger partial charge is 0.326 e. The maximum absolute atomic E-state index is 13.1. The molecule has 0 aliphatic carbocycles. The van der Waals surface area contributed by atoms with Gasteiger partial charge >= 0.3 is 0 Å². The molecule has 6 heteroatoms. The van der Waals surface area contributed by atoms with E-state index in [4.69, 9.17) is 10.3 Å². The molecule has 0 aromatic heterocycles. The normalized spacial score (nSPS) is 13.8. The van der Waals surface area contributed by atoms with Crippen LogP contribution in [0.15, 0.2) is 24.3 Å². The standard InChI is InChI=1S/C9H12FNO3S/c10-9-4-2-1-3-7(9)5-8(11)6-15(12,13)14/h1-4,8H,5-6,11H2,(H,12,13,14)/t8-/m1/s1. The highest BCUT2D eigenvalue weighted by Gasteiger charge is 2.14. The fourth-order valence-corrected chi connectivity index (χ4v) is 1.93. The number of nitrogens with two attached hydrogens (primary N) is 1. The zero-order chi connectivity index (χ0) is 11.5. The van der Waals surface area contributed by atoms with Crippen molar-refractivity contribution in [2.45, 2.75) is 12.5 Å². The first kappa shape index (κ1) is 12.1. The summed E-state index contributed by atoms with van der Waals surface area (Å²) in [6.45, 7) is 0. The van der Waals surface area contributed by atoms with Crippen LogP contribution >= 0.6 is 0 Å². The van der Waals surface area contributed by atoms with Crippen LogP contribution in [0.5, 0.6) is 0 Å². The van der Waals surface area contributed by atoms with Crippen LogP contribution in [-0.4, -0.2) is 24.8 Å². The van der Waals surface area contributed by atoms with Crippen molar-refractivity contribution < 1.29 is 17.4 Å². The summed E-state index contributed by atoms with van der Waals surface area (Å²) >= 11 is 0. The molecule has 0 heterocycles. The first-order valence-electron chi connectivity index (χ1n) is 4.32. The molecule has 84 valence electrons. The molecular formula is C9H12FNO3S. The first-order valence-corrected chi connectivity index (χ1v) is 5.93. The van der Waals surface area contributed by atoms with Gasteiger partial charge in [-0.2, -0.15) is 8.42 Å². The fraction of sp³-hybridized carbons (Fsp3) is 0.333. The van der Waals surface area contributed by atoms with E-state index >= 15 is 0 Å². The van der Waals surface area contributed by atoms with E-state index in [0.717, 1.165) is 0 Å². The predicted octanol–water partition coefficient (Wildman–Crippen LogP) is 0.583. The zero-order valence-corrected chi connectivity index (χ0v) is 8.74. The van der Waals surface area contributed by atoms with Crippen LogP contribution in [-0.2, 0) is 16.5 Å². The van der Waals surface area contributed by atoms with Crippen molar-refractivity contribution in [2.24, 2.45) is 5.73 Å². The van der Waals surface area contributed by atoms with Gasteiger partial charge in [-0.3, -0.25) is 4.55 Å². The monoisotopic (exact) mass is 233 g/mol. The molecular weight excluding hydrogens is 221 g/mol. The molecule has 3 N–H and O–H groups in total. The van der Waals surface area contributed by atoms with Gasteiger partial charge in [-0.1, -0.05) is 18.2 Å². The second-order valence-corrected chi connectivity index (χ2v) is 4.80. The highest BCUT2D eigenvalue weighted by Crippen LogP contribution is 2.08. The van der Waals surface area contributed by atoms with Crippen LogP contribution in [0.1, 0.15) is 5.56 Å². The van der Waals surface area contributed by atoms with Gasteiger partial charge < -0.3 is 5.73 Å². The Morgan fingerprint density at radius 2 is 2.00 bits per heavy atom. The summed E-state index contributed by atoms with van der Waals surface area (Å²) in [7, 11) is -4.10. The SMILES string of the molecule is N[C@H](Cc1ccccc1F)CS(=O)(=O)O. The number of hydrogen-bond donors (Lipinski definition) is 2. The van der Waals surface area contributed by atoms with Gasteiger partial charge in [0.25, 0.3) is 10.1 Å². The van der Waals surface area contributed by atoms with E-state index in [1.807, 2.05) is 0 Å². The van der Waals surface area contributed by atoms with Crippen molar-refractivity contribution in [3.05, 3.63) is 35.6 Å². The van der Waals surface area contributed by atoms with Crippen molar-refractivity contribution in [3.63, 3.8) is 0 Å². The number of hydrogen-bond acceptors (Lipinski definition) is 3. The average Bonchev–Trinajstić information content (AvgIpc) is 2.05. The van der Waals surface area contributed by atoms with Crippen LogP contribution < -0.4 is 5.73 Å². The van der Waals surface area contributed by atoms with Crippen LogP contribution in [0.4, 0.5) is 4.39 Å². The molecule has 0 saturated heterocycles. The quantitative estimate of drug-likeness (QED) is 0.745. The molecule has 0 aliphatic heterocycles. The predicted molar refractivity (Wildman–Crippen MR) is 54.5 cm³/mol. The third-order valence-electron chi connectivity index (χ3n) is 1.86. The lowest BCUT2D eigenvalue weighted by molar-refractivity contribution is 0.475. The van der Waals surface area contributed by atoms with E-state index in [1.54, 1.807) is 6.07 Å². The van der Waals surface area contributed by atoms with Gasteiger partial charge in [0.05, 0.1) is 5.75 Å². The van der Waals surface area contributed by atoms with Gasteiger partial charge in [-0.25, -0.2) is 4.39 Å². The van der Waals surface area contributed by atoms with Crippen LogP contribution in [0, 0.1) is 5.82 Å². The van der Waals surface area contributed by atoms with E-state index in [-0.39, 0.29) is 6.42 Å². The van der Waals surface area contributed by atoms with E-state index in [2.05, 4.69) is 0 Å². The molecule has 1 rings (SSSR count). The molecule has 1 atom stereocenters. The first-order chi connectivity index (χ1) is 6.88. The van der Waals surface area contributed by atoms with Crippen molar-refractivity contribution in [3.8, 4) is 0 Å². The lowest BCUT2D eigenvalue weighted by Crippen LogP contribution is -2.31. The molecule has 15 heavy (non-hydrogen) atoms. The van der Waals surface area contributed by atoms with Gasteiger partial charge in [-0.05, 0) is 18.1 Å². The van der Waals surface area contributed by atoms with Gasteiger partial charge in [0.15, 0.2) is 0 Å². The summed E-state index contributed by atoms with van der Waals surface area (Å²) in [5.74, 6) is -0.996. The van der Waals surface area contributed by atoms with Gasteiger partial charge in [0.2, 0.25) is 0 Å². The molecule has 4 nitrogen and oxygen atoms in total. The zero-order valence-electron chi connectivity index (χ0n) is 7.93. The van der Waals surface area contributed by atoms with Gasteiger partial charge in [0, 0.05) is 6.04 Å². The van der Waals surface area contributed by atoms with Crippen LogP contribution in [0.2, 0.25) is 0 Å². The topological polar surface area (TPSA) is 80.4 Å². The lowest BCUT2D eigenvalue weighted by atomic mass is 10.1. The molecule has 0 radical (unpaired) electrons. The Morgan fingerprint density at radius 3 is 2.53 bits per heavy atom. The minimum absolute atomic E-state index is 0.0759. The average molecular weight is 233 g/mol. The number of benzene rings is 1. The molecule has 0 bridgehead atoms. The van der Waals surface area contributed by atoms with E-state index in [0.29, 0.717) is 5.56 Å². The maximum Gasteiger partial charge on any atom is 0.266 e. The molecule has 1 aromatic rings. The third-order valence-corrected chi connectivity index (χ3v) is 2.71. The van der Waals surface area contributed by atoms with Crippen LogP contribution in [0.25, 0.3) is 0 Å². The minimum atomic E-state index is -4.10. The number of halogens is 1. The molecule has 0 spiro atoms. The van der Waals surface area contributed by atoms with Crippen molar-refractivity contribution >= 4 is 10.1 Å². The summed E-state index contributed by atoms with van der Waals surface area (Å²) in [6, 6.07) is 5.16. The minimum Gasteiger partial charge on any atom is -0.326 e. The summed E-state index contributed by atoms with van der Waals surface area (Å²) in [4.78, 5) is 0. The molecule has 0 saturated carbocycles. The van der Waals surface area contributed by atoms with Crippen molar-refractivity contribution in [2.75, 3.05) is 5.75 Å². The van der Waals surface area contributed by atoms with Gasteiger partial charge in [0.1, 0.15) is 5.82 Å². The summed E-state index contributed by atoms with van der Waals surface area (Å²) in [6.07, 6.45) is 0.0759. The Hall–Kier alpha value is -0.980. The molecule has 0 amide bonds. The Bertz CT molecular complexity index is 433. The Morgan fingerprint density at radius 1 is 1.40 bits per heavy atom. The highest BCUT2D eigenvalue weighted by atomic mass is 32.2. The Kier molecular flexibility index (Phi) is 3.78. The molecule has 0 aliphatic rings. The molecule has 1 aromatic carbocycles. The van der Waals surface area contributed by atoms with Gasteiger partial charge in [-0.15, -0.1) is 0 Å². The summed E-state index contributed by atoms with van der Waals surface area (Å²) in [5, 5.41) is 0. The summed E-state index contributed by atoms with van der Waals surface area (Å²) in [5.41, 5.74) is 5.80. The van der Waals surface area contributed by atoms with E-state index in [1.165, 1.54) is 18.2 Å². The Labute approximate surface area is 87.7 Å². The van der Waals surface area contributed by atoms with Crippen molar-refractivity contribution in [1.29, 1.82) is 0 Å². The lowest BCUT2D eigenvalue weighted by Gasteiger charge is -2.09. The van der Waals surface area contributed by atoms with Crippen molar-refractivity contribution in [1.82, 2.24) is 0 Å². The third kappa shape index (κ3) is 4.37. The molecule has 0 fully saturated rings. The highest BCUT2D eigenvalue weighted by molar-refractivity contribution is 7.85. The van der Waals surface area contributed by atoms with E-state index < -0.39 is 27.7 Å². The molecule has 0 unspecified atom stereocenters. The van der Waals surface area contributed by atoms with Crippen LogP contribution in [0.3, 0.4) is 0 Å².